The van der Waals surface area contributed by atoms with Crippen molar-refractivity contribution in [2.24, 2.45) is 5.10 Å². The number of nitrogens with zero attached hydrogens (tertiary/aromatic N) is 4. The number of thioether (sulfide) groups is 1. The van der Waals surface area contributed by atoms with E-state index in [0.717, 1.165) is 11.3 Å². The fourth-order valence-electron chi connectivity index (χ4n) is 3.03. The molecule has 2 N–H and O–H groups in total. The maximum Gasteiger partial charge on any atom is 0.347 e. The van der Waals surface area contributed by atoms with Crippen LogP contribution in [0, 0.1) is 0 Å². The van der Waals surface area contributed by atoms with Gasteiger partial charge in [-0.05, 0) is 43.7 Å². The van der Waals surface area contributed by atoms with Crippen molar-refractivity contribution < 1.29 is 10.0 Å². The van der Waals surface area contributed by atoms with E-state index >= 15 is 0 Å². The molecule has 0 aromatic heterocycles. The smallest absolute Gasteiger partial charge is 0.347 e. The molecule has 0 spiro atoms. The van der Waals surface area contributed by atoms with Gasteiger partial charge < -0.3 is 10.2 Å². The highest BCUT2D eigenvalue weighted by atomic mass is 32.2. The lowest BCUT2D eigenvalue weighted by atomic mass is 10.1. The van der Waals surface area contributed by atoms with Crippen LogP contribution in [0.4, 0.5) is 16.2 Å². The van der Waals surface area contributed by atoms with Gasteiger partial charge in [-0.15, -0.1) is 0 Å². The van der Waals surface area contributed by atoms with Crippen molar-refractivity contribution in [1.29, 1.82) is 0 Å². The fourth-order valence-corrected chi connectivity index (χ4v) is 4.81. The number of amides is 2. The van der Waals surface area contributed by atoms with E-state index in [1.54, 1.807) is 30.5 Å². The first-order valence-electron chi connectivity index (χ1n) is 9.37. The molecule has 7 nitrogen and oxygen atoms in total. The van der Waals surface area contributed by atoms with Gasteiger partial charge in [0.15, 0.2) is 10.5 Å². The minimum absolute atomic E-state index is 0.484. The van der Waals surface area contributed by atoms with Gasteiger partial charge in [0.25, 0.3) is 0 Å². The summed E-state index contributed by atoms with van der Waals surface area (Å²) >= 11 is 6.86. The molecule has 158 valence electrons. The van der Waals surface area contributed by atoms with Crippen molar-refractivity contribution in [2.75, 3.05) is 24.3 Å². The Balaban J connectivity index is 1.79. The lowest BCUT2D eigenvalue weighted by Crippen LogP contribution is -2.54. The number of nitrogens with one attached hydrogen (secondary N) is 1. The van der Waals surface area contributed by atoms with Gasteiger partial charge in [-0.2, -0.15) is 10.2 Å². The number of hydrazone groups is 1. The zero-order valence-corrected chi connectivity index (χ0v) is 18.9. The Morgan fingerprint density at radius 3 is 2.43 bits per heavy atom. The number of hydrogen-bond donors (Lipinski definition) is 2. The maximum absolute atomic E-state index is 12.6. The zero-order chi connectivity index (χ0) is 21.9. The summed E-state index contributed by atoms with van der Waals surface area (Å²) in [5.41, 5.74) is 2.55. The first kappa shape index (κ1) is 22.1. The second kappa shape index (κ2) is 9.03. The molecule has 0 aliphatic carbocycles. The number of benzene rings is 2. The van der Waals surface area contributed by atoms with Gasteiger partial charge in [0, 0.05) is 25.5 Å². The van der Waals surface area contributed by atoms with E-state index in [1.165, 1.54) is 16.8 Å². The van der Waals surface area contributed by atoms with Gasteiger partial charge in [-0.3, -0.25) is 5.21 Å². The summed E-state index contributed by atoms with van der Waals surface area (Å²) < 4.78 is -0.0795. The third-order valence-corrected chi connectivity index (χ3v) is 6.13. The molecule has 3 rings (SSSR count). The van der Waals surface area contributed by atoms with E-state index in [-0.39, 0.29) is 0 Å². The van der Waals surface area contributed by atoms with Crippen LogP contribution in [0.5, 0.6) is 0 Å². The number of hydrogen-bond acceptors (Lipinski definition) is 6. The third kappa shape index (κ3) is 4.92. The molecule has 0 saturated carbocycles. The van der Waals surface area contributed by atoms with E-state index in [1.807, 2.05) is 63.2 Å². The summed E-state index contributed by atoms with van der Waals surface area (Å²) in [6, 6.07) is 16.2. The predicted octanol–water partition coefficient (Wildman–Crippen LogP) is 4.45. The molecule has 1 heterocycles. The highest BCUT2D eigenvalue weighted by Crippen LogP contribution is 2.42. The van der Waals surface area contributed by atoms with Crippen molar-refractivity contribution in [1.82, 2.24) is 10.1 Å². The molecular weight excluding hydrogens is 418 g/mol. The second-order valence-electron chi connectivity index (χ2n) is 7.56. The van der Waals surface area contributed by atoms with Crippen LogP contribution in [0.1, 0.15) is 19.4 Å². The van der Waals surface area contributed by atoms with Gasteiger partial charge in [-0.25, -0.2) is 9.80 Å². The van der Waals surface area contributed by atoms with Crippen LogP contribution in [0.2, 0.25) is 0 Å². The van der Waals surface area contributed by atoms with E-state index in [0.29, 0.717) is 15.1 Å². The monoisotopic (exact) mass is 443 g/mol. The molecule has 1 saturated heterocycles. The molecule has 1 fully saturated rings. The van der Waals surface area contributed by atoms with Crippen molar-refractivity contribution >= 4 is 51.9 Å². The molecule has 1 atom stereocenters. The number of carbonyl (C=O) groups is 1. The number of hydroxylamine groups is 2. The predicted molar refractivity (Wildman–Crippen MR) is 127 cm³/mol. The Labute approximate surface area is 186 Å². The van der Waals surface area contributed by atoms with E-state index in [9.17, 15) is 10.0 Å². The van der Waals surface area contributed by atoms with Crippen molar-refractivity contribution in [2.45, 2.75) is 24.8 Å². The Bertz CT molecular complexity index is 932. The topological polar surface area (TPSA) is 71.4 Å². The Morgan fingerprint density at radius 1 is 1.20 bits per heavy atom. The summed E-state index contributed by atoms with van der Waals surface area (Å²) in [4.78, 5) is 14.7. The number of urea groups is 1. The van der Waals surface area contributed by atoms with Gasteiger partial charge in [-0.1, -0.05) is 54.3 Å². The van der Waals surface area contributed by atoms with Crippen LogP contribution in [0.3, 0.4) is 0 Å². The van der Waals surface area contributed by atoms with Crippen molar-refractivity contribution in [3.8, 4) is 0 Å². The molecule has 9 heteroatoms. The molecule has 2 amide bonds. The fraction of sp³-hybridized carbons (Fsp3) is 0.286. The lowest BCUT2D eigenvalue weighted by Gasteiger charge is -2.34. The van der Waals surface area contributed by atoms with Crippen LogP contribution in [-0.4, -0.2) is 56.9 Å². The normalized spacial score (nSPS) is 18.0. The molecule has 30 heavy (non-hydrogen) atoms. The maximum atomic E-state index is 12.6. The highest BCUT2D eigenvalue weighted by Gasteiger charge is 2.50. The number of thiocarbonyl (C=S) groups is 1. The second-order valence-corrected chi connectivity index (χ2v) is 9.85. The van der Waals surface area contributed by atoms with Gasteiger partial charge in [0.2, 0.25) is 0 Å². The van der Waals surface area contributed by atoms with Crippen LogP contribution >= 0.6 is 24.0 Å². The van der Waals surface area contributed by atoms with Gasteiger partial charge >= 0.3 is 6.03 Å². The minimum Gasteiger partial charge on any atom is -0.378 e. The Morgan fingerprint density at radius 2 is 1.83 bits per heavy atom. The number of rotatable bonds is 5. The summed E-state index contributed by atoms with van der Waals surface area (Å²) in [6.07, 6.45) is 0.903. The summed E-state index contributed by atoms with van der Waals surface area (Å²) in [6.45, 7) is 3.82. The molecule has 0 unspecified atom stereocenters. The summed E-state index contributed by atoms with van der Waals surface area (Å²) in [5.74, 6) is 0. The Hall–Kier alpha value is -2.62. The molecule has 1 aliphatic rings. The largest absolute Gasteiger partial charge is 0.378 e. The molecule has 2 aromatic rings. The number of anilines is 2. The van der Waals surface area contributed by atoms with E-state index in [4.69, 9.17) is 12.2 Å². The van der Waals surface area contributed by atoms with Crippen LogP contribution in [-0.2, 0) is 0 Å². The average Bonchev–Trinajstić information content (AvgIpc) is 2.94. The lowest BCUT2D eigenvalue weighted by molar-refractivity contribution is -0.114. The number of carbonyl (C=O) groups excluding carboxylic acids is 1. The zero-order valence-electron chi connectivity index (χ0n) is 17.3. The first-order valence-corrected chi connectivity index (χ1v) is 10.6. The van der Waals surface area contributed by atoms with Crippen LogP contribution in [0.25, 0.3) is 0 Å². The highest BCUT2D eigenvalue weighted by molar-refractivity contribution is 8.24. The third-order valence-electron chi connectivity index (χ3n) is 4.60. The quantitative estimate of drug-likeness (QED) is 0.308. The van der Waals surface area contributed by atoms with Crippen molar-refractivity contribution in [3.05, 3.63) is 60.2 Å². The van der Waals surface area contributed by atoms with E-state index < -0.39 is 16.9 Å². The van der Waals surface area contributed by atoms with Gasteiger partial charge in [0.1, 0.15) is 0 Å². The summed E-state index contributed by atoms with van der Waals surface area (Å²) in [5, 5.41) is 20.1. The van der Waals surface area contributed by atoms with Gasteiger partial charge in [0.05, 0.1) is 11.0 Å². The van der Waals surface area contributed by atoms with E-state index in [2.05, 4.69) is 10.4 Å². The van der Waals surface area contributed by atoms with Crippen molar-refractivity contribution in [3.63, 3.8) is 0 Å². The van der Waals surface area contributed by atoms with Crippen LogP contribution < -0.4 is 10.2 Å². The minimum atomic E-state index is -0.768. The average molecular weight is 444 g/mol. The molecule has 1 aliphatic heterocycles. The molecule has 0 radical (unpaired) electrons. The van der Waals surface area contributed by atoms with Crippen LogP contribution in [0.15, 0.2) is 59.7 Å². The first-order chi connectivity index (χ1) is 14.2. The standard InChI is InChI=1S/C21H25N5O2S2/c1-21(2)18(26(28)19(27)23-16-8-6-5-7-9-16)25(20(29)30-21)22-14-15-10-12-17(13-11-15)24(3)4/h5-14,18,28H,1-4H3,(H,23,27)/b22-14-/t18-/m0/s1. The summed E-state index contributed by atoms with van der Waals surface area (Å²) in [7, 11) is 3.96. The Kier molecular flexibility index (Phi) is 6.64. The number of para-hydroxylation sites is 1. The molecular formula is C21H25N5O2S2. The SMILES string of the molecule is CN(C)c1ccc(/C=N\N2C(=S)SC(C)(C)[C@@H]2N(O)C(=O)Nc2ccccc2)cc1. The molecule has 2 aromatic carbocycles. The molecule has 0 bridgehead atoms.